The molecule has 0 aliphatic rings. The molecule has 0 heterocycles. The fraction of sp³-hybridized carbons (Fsp3) is 0.746. The van der Waals surface area contributed by atoms with Gasteiger partial charge in [0.1, 0.15) is 13.2 Å². The van der Waals surface area contributed by atoms with Crippen LogP contribution < -0.4 is 0 Å². The number of unbranched alkanes of at least 4 members (excludes halogenated alkanes) is 31. The summed E-state index contributed by atoms with van der Waals surface area (Å²) in [5.74, 6) is -0.875. The van der Waals surface area contributed by atoms with Crippen LogP contribution in [-0.4, -0.2) is 37.2 Å². The molecular formula is C67H116O6. The van der Waals surface area contributed by atoms with E-state index in [1.54, 1.807) is 0 Å². The number of carbonyl (C=O) groups excluding carboxylic acids is 3. The van der Waals surface area contributed by atoms with Gasteiger partial charge >= 0.3 is 17.9 Å². The summed E-state index contributed by atoms with van der Waals surface area (Å²) >= 11 is 0. The van der Waals surface area contributed by atoms with Gasteiger partial charge in [0.05, 0.1) is 0 Å². The molecule has 0 aromatic carbocycles. The van der Waals surface area contributed by atoms with E-state index >= 15 is 0 Å². The molecule has 0 bridgehead atoms. The van der Waals surface area contributed by atoms with E-state index in [0.29, 0.717) is 19.3 Å². The number of carbonyl (C=O) groups is 3. The highest BCUT2D eigenvalue weighted by Crippen LogP contribution is 2.16. The van der Waals surface area contributed by atoms with Crippen LogP contribution in [-0.2, 0) is 28.6 Å². The van der Waals surface area contributed by atoms with Crippen LogP contribution in [0.3, 0.4) is 0 Å². The Morgan fingerprint density at radius 1 is 0.288 bits per heavy atom. The van der Waals surface area contributed by atoms with E-state index in [1.165, 1.54) is 154 Å². The van der Waals surface area contributed by atoms with Crippen molar-refractivity contribution in [1.29, 1.82) is 0 Å². The molecule has 1 unspecified atom stereocenters. The van der Waals surface area contributed by atoms with Gasteiger partial charge in [0.2, 0.25) is 0 Å². The topological polar surface area (TPSA) is 78.9 Å². The lowest BCUT2D eigenvalue weighted by Crippen LogP contribution is -2.30. The first kappa shape index (κ1) is 69.6. The zero-order valence-electron chi connectivity index (χ0n) is 48.1. The lowest BCUT2D eigenvalue weighted by atomic mass is 10.0. The van der Waals surface area contributed by atoms with Crippen molar-refractivity contribution < 1.29 is 28.6 Å². The van der Waals surface area contributed by atoms with Crippen LogP contribution in [0.5, 0.6) is 0 Å². The number of rotatable bonds is 56. The van der Waals surface area contributed by atoms with Gasteiger partial charge in [-0.25, -0.2) is 0 Å². The van der Waals surface area contributed by atoms with Gasteiger partial charge in [0, 0.05) is 19.3 Å². The number of esters is 3. The third-order valence-electron chi connectivity index (χ3n) is 13.4. The second kappa shape index (κ2) is 61.1. The molecule has 0 N–H and O–H groups in total. The first-order chi connectivity index (χ1) is 36.0. The minimum absolute atomic E-state index is 0.0752. The number of allylic oxidation sites excluding steroid dienone is 14. The maximum absolute atomic E-state index is 12.8. The first-order valence-corrected chi connectivity index (χ1v) is 31.1. The molecule has 0 spiro atoms. The average molecular weight is 1020 g/mol. The van der Waals surface area contributed by atoms with Crippen LogP contribution in [0.25, 0.3) is 0 Å². The van der Waals surface area contributed by atoms with E-state index in [4.69, 9.17) is 14.2 Å². The SMILES string of the molecule is CC/C=C\C/C=C\C/C=C\C/C=C\C/C=C\C/C=C\C/C=C\CCCCCCCCCC(=O)OCC(COC(=O)CCCCCCCCCCCCCCC)OC(=O)CCCCCCCCCCCCCCC. The molecule has 0 aliphatic heterocycles. The Morgan fingerprint density at radius 2 is 0.534 bits per heavy atom. The standard InChI is InChI=1S/C67H116O6/c1-4-7-10-13-16-19-22-25-26-27-28-29-30-31-32-33-34-35-36-37-38-39-40-43-45-48-51-54-57-60-66(69)72-63-64(73-67(70)61-58-55-52-49-46-42-24-21-18-15-12-9-6-3)62-71-65(68)59-56-53-50-47-44-41-23-20-17-14-11-8-5-2/h7,10,16,19,25-26,28-29,31-32,34-35,37-38,64H,4-6,8-9,11-15,17-18,20-24,27,30,33,36,39-63H2,1-3H3/b10-7-,19-16-,26-25-,29-28-,32-31-,35-34-,38-37-. The first-order valence-electron chi connectivity index (χ1n) is 31.1. The Kier molecular flexibility index (Phi) is 58.3. The highest BCUT2D eigenvalue weighted by Gasteiger charge is 2.19. The largest absolute Gasteiger partial charge is 0.462 e. The van der Waals surface area contributed by atoms with E-state index in [0.717, 1.165) is 109 Å². The summed E-state index contributed by atoms with van der Waals surface area (Å²) in [7, 11) is 0. The van der Waals surface area contributed by atoms with E-state index in [1.807, 2.05) is 0 Å². The van der Waals surface area contributed by atoms with Gasteiger partial charge in [-0.1, -0.05) is 292 Å². The van der Waals surface area contributed by atoms with Gasteiger partial charge in [-0.05, 0) is 77.0 Å². The van der Waals surface area contributed by atoms with E-state index in [-0.39, 0.29) is 31.1 Å². The molecule has 0 aliphatic carbocycles. The Morgan fingerprint density at radius 3 is 0.836 bits per heavy atom. The Balaban J connectivity index is 4.27. The van der Waals surface area contributed by atoms with Crippen LogP contribution in [0.4, 0.5) is 0 Å². The third kappa shape index (κ3) is 59.3. The monoisotopic (exact) mass is 1020 g/mol. The maximum atomic E-state index is 12.8. The molecule has 0 rings (SSSR count). The van der Waals surface area contributed by atoms with Crippen molar-refractivity contribution in [3.8, 4) is 0 Å². The van der Waals surface area contributed by atoms with Crippen LogP contribution in [0.15, 0.2) is 85.1 Å². The molecule has 0 saturated carbocycles. The molecular weight excluding hydrogens is 901 g/mol. The third-order valence-corrected chi connectivity index (χ3v) is 13.4. The van der Waals surface area contributed by atoms with Crippen LogP contribution in [0.2, 0.25) is 0 Å². The van der Waals surface area contributed by atoms with Gasteiger partial charge < -0.3 is 14.2 Å². The van der Waals surface area contributed by atoms with Gasteiger partial charge in [0.25, 0.3) is 0 Å². The van der Waals surface area contributed by atoms with E-state index in [9.17, 15) is 14.4 Å². The molecule has 0 radical (unpaired) electrons. The fourth-order valence-electron chi connectivity index (χ4n) is 8.78. The predicted molar refractivity (Wildman–Crippen MR) is 316 cm³/mol. The van der Waals surface area contributed by atoms with E-state index < -0.39 is 6.10 Å². The normalized spacial score (nSPS) is 12.6. The number of hydrogen-bond acceptors (Lipinski definition) is 6. The zero-order chi connectivity index (χ0) is 52.9. The molecule has 6 nitrogen and oxygen atoms in total. The summed E-state index contributed by atoms with van der Waals surface area (Å²) in [5, 5.41) is 0. The van der Waals surface area contributed by atoms with Crippen LogP contribution >= 0.6 is 0 Å². The maximum Gasteiger partial charge on any atom is 0.306 e. The summed E-state index contributed by atoms with van der Waals surface area (Å²) < 4.78 is 16.9. The minimum atomic E-state index is -0.777. The minimum Gasteiger partial charge on any atom is -0.462 e. The highest BCUT2D eigenvalue weighted by molar-refractivity contribution is 5.71. The molecule has 0 fully saturated rings. The fourth-order valence-corrected chi connectivity index (χ4v) is 8.78. The van der Waals surface area contributed by atoms with Crippen molar-refractivity contribution in [2.45, 2.75) is 309 Å². The average Bonchev–Trinajstić information content (AvgIpc) is 3.39. The summed E-state index contributed by atoms with van der Waals surface area (Å²) in [4.78, 5) is 38.2. The number of hydrogen-bond donors (Lipinski definition) is 0. The summed E-state index contributed by atoms with van der Waals surface area (Å²) in [5.41, 5.74) is 0. The lowest BCUT2D eigenvalue weighted by molar-refractivity contribution is -0.167. The number of ether oxygens (including phenoxy) is 3. The molecule has 6 heteroatoms. The molecule has 1 atom stereocenters. The molecule has 420 valence electrons. The van der Waals surface area contributed by atoms with Gasteiger partial charge in [-0.2, -0.15) is 0 Å². The molecule has 0 amide bonds. The molecule has 73 heavy (non-hydrogen) atoms. The lowest BCUT2D eigenvalue weighted by Gasteiger charge is -2.18. The van der Waals surface area contributed by atoms with Crippen molar-refractivity contribution in [3.05, 3.63) is 85.1 Å². The second-order valence-corrected chi connectivity index (χ2v) is 20.6. The van der Waals surface area contributed by atoms with Crippen molar-refractivity contribution in [2.24, 2.45) is 0 Å². The van der Waals surface area contributed by atoms with Crippen LogP contribution in [0, 0.1) is 0 Å². The van der Waals surface area contributed by atoms with Crippen LogP contribution in [0.1, 0.15) is 303 Å². The van der Waals surface area contributed by atoms with Crippen molar-refractivity contribution in [3.63, 3.8) is 0 Å². The van der Waals surface area contributed by atoms with Gasteiger partial charge in [0.15, 0.2) is 6.10 Å². The Labute approximate surface area is 452 Å². The van der Waals surface area contributed by atoms with E-state index in [2.05, 4.69) is 106 Å². The Bertz CT molecular complexity index is 1400. The van der Waals surface area contributed by atoms with Gasteiger partial charge in [-0.3, -0.25) is 14.4 Å². The highest BCUT2D eigenvalue weighted by atomic mass is 16.6. The summed E-state index contributed by atoms with van der Waals surface area (Å²) in [6, 6.07) is 0. The van der Waals surface area contributed by atoms with Gasteiger partial charge in [-0.15, -0.1) is 0 Å². The smallest absolute Gasteiger partial charge is 0.306 e. The summed E-state index contributed by atoms with van der Waals surface area (Å²) in [6.07, 6.45) is 80.1. The Hall–Kier alpha value is -3.41. The molecule has 0 aromatic heterocycles. The van der Waals surface area contributed by atoms with Crippen molar-refractivity contribution in [2.75, 3.05) is 13.2 Å². The second-order valence-electron chi connectivity index (χ2n) is 20.6. The predicted octanol–water partition coefficient (Wildman–Crippen LogP) is 21.1. The quantitative estimate of drug-likeness (QED) is 0.0261. The summed E-state index contributed by atoms with van der Waals surface area (Å²) in [6.45, 7) is 6.54. The molecule has 0 aromatic rings. The van der Waals surface area contributed by atoms with Crippen molar-refractivity contribution in [1.82, 2.24) is 0 Å². The molecule has 0 saturated heterocycles. The van der Waals surface area contributed by atoms with Crippen molar-refractivity contribution >= 4 is 17.9 Å². The zero-order valence-corrected chi connectivity index (χ0v) is 48.1.